The summed E-state index contributed by atoms with van der Waals surface area (Å²) in [6, 6.07) is 1.09. The van der Waals surface area contributed by atoms with Gasteiger partial charge in [-0.15, -0.1) is 0 Å². The van der Waals surface area contributed by atoms with Gasteiger partial charge in [-0.2, -0.15) is 4.39 Å². The number of nitro groups is 1. The van der Waals surface area contributed by atoms with E-state index in [2.05, 4.69) is 15.9 Å². The molecule has 0 spiro atoms. The third kappa shape index (κ3) is 2.46. The predicted octanol–water partition coefficient (Wildman–Crippen LogP) is 2.77. The Kier molecular flexibility index (Phi) is 4.28. The minimum Gasteiger partial charge on any atom is -0.495 e. The summed E-state index contributed by atoms with van der Waals surface area (Å²) in [7, 11) is 1.34. The van der Waals surface area contributed by atoms with Crippen LogP contribution in [0.3, 0.4) is 0 Å². The third-order valence-electron chi connectivity index (χ3n) is 2.67. The summed E-state index contributed by atoms with van der Waals surface area (Å²) in [4.78, 5) is 9.97. The van der Waals surface area contributed by atoms with E-state index in [0.29, 0.717) is 5.56 Å². The van der Waals surface area contributed by atoms with Crippen LogP contribution >= 0.6 is 15.9 Å². The van der Waals surface area contributed by atoms with Crippen LogP contribution in [0.1, 0.15) is 19.4 Å². The van der Waals surface area contributed by atoms with Gasteiger partial charge in [-0.05, 0) is 15.9 Å². The number of halogens is 2. The van der Waals surface area contributed by atoms with Crippen LogP contribution in [-0.2, 0) is 5.41 Å². The molecule has 0 unspecified atom stereocenters. The first kappa shape index (κ1) is 14.8. The Morgan fingerprint density at radius 3 is 2.56 bits per heavy atom. The second-order valence-electron chi connectivity index (χ2n) is 4.40. The van der Waals surface area contributed by atoms with Crippen molar-refractivity contribution in [1.29, 1.82) is 0 Å². The average molecular weight is 322 g/mol. The maximum absolute atomic E-state index is 13.7. The molecular weight excluding hydrogens is 309 g/mol. The van der Waals surface area contributed by atoms with Crippen LogP contribution in [0.4, 0.5) is 10.1 Å². The van der Waals surface area contributed by atoms with Crippen LogP contribution < -0.4 is 4.74 Å². The van der Waals surface area contributed by atoms with E-state index in [4.69, 9.17) is 4.74 Å². The maximum atomic E-state index is 13.7. The molecule has 0 radical (unpaired) electrons. The molecule has 0 fully saturated rings. The van der Waals surface area contributed by atoms with E-state index in [1.54, 1.807) is 13.8 Å². The van der Waals surface area contributed by atoms with Crippen molar-refractivity contribution >= 4 is 21.6 Å². The van der Waals surface area contributed by atoms with Crippen molar-refractivity contribution in [2.45, 2.75) is 19.3 Å². The lowest BCUT2D eigenvalue weighted by Gasteiger charge is -2.25. The quantitative estimate of drug-likeness (QED) is 0.683. The van der Waals surface area contributed by atoms with Gasteiger partial charge in [0.1, 0.15) is 10.2 Å². The highest BCUT2D eigenvalue weighted by Crippen LogP contribution is 2.42. The van der Waals surface area contributed by atoms with E-state index in [-0.39, 0.29) is 16.8 Å². The van der Waals surface area contributed by atoms with Crippen LogP contribution in [-0.4, -0.2) is 23.7 Å². The molecule has 0 atom stereocenters. The highest BCUT2D eigenvalue weighted by atomic mass is 79.9. The molecule has 0 amide bonds. The molecule has 7 heteroatoms. The van der Waals surface area contributed by atoms with Gasteiger partial charge in [0.25, 0.3) is 0 Å². The summed E-state index contributed by atoms with van der Waals surface area (Å²) < 4.78 is 18.7. The van der Waals surface area contributed by atoms with Gasteiger partial charge in [-0.1, -0.05) is 13.8 Å². The number of aliphatic hydroxyl groups excluding tert-OH is 1. The Hall–Kier alpha value is -1.21. The molecule has 0 bridgehead atoms. The van der Waals surface area contributed by atoms with Gasteiger partial charge in [0.05, 0.1) is 18.6 Å². The first-order valence-electron chi connectivity index (χ1n) is 5.08. The van der Waals surface area contributed by atoms with E-state index in [9.17, 15) is 19.6 Å². The van der Waals surface area contributed by atoms with Crippen LogP contribution in [0.25, 0.3) is 0 Å². The summed E-state index contributed by atoms with van der Waals surface area (Å²) >= 11 is 2.95. The van der Waals surface area contributed by atoms with Crippen LogP contribution in [0.5, 0.6) is 5.75 Å². The standard InChI is InChI=1S/C11H13BrFNO4/c1-11(2,5-15)6-4-7(14(16)17)9(13)8(12)10(6)18-3/h4,15H,5H2,1-3H3. The largest absolute Gasteiger partial charge is 0.495 e. The van der Waals surface area contributed by atoms with E-state index < -0.39 is 21.8 Å². The summed E-state index contributed by atoms with van der Waals surface area (Å²) in [5.74, 6) is -0.841. The number of benzene rings is 1. The Balaban J connectivity index is 3.65. The summed E-state index contributed by atoms with van der Waals surface area (Å²) in [6.45, 7) is 3.11. The molecule has 1 aromatic carbocycles. The predicted molar refractivity (Wildman–Crippen MR) is 67.4 cm³/mol. The first-order chi connectivity index (χ1) is 8.26. The second-order valence-corrected chi connectivity index (χ2v) is 5.20. The lowest BCUT2D eigenvalue weighted by atomic mass is 9.84. The molecular formula is C11H13BrFNO4. The summed E-state index contributed by atoms with van der Waals surface area (Å²) in [6.07, 6.45) is 0. The second kappa shape index (κ2) is 5.19. The van der Waals surface area contributed by atoms with Gasteiger partial charge in [-0.3, -0.25) is 10.1 Å². The fraction of sp³-hybridized carbons (Fsp3) is 0.455. The number of nitro benzene ring substituents is 1. The van der Waals surface area contributed by atoms with E-state index in [0.717, 1.165) is 6.07 Å². The zero-order valence-corrected chi connectivity index (χ0v) is 11.7. The Bertz CT molecular complexity index is 490. The lowest BCUT2D eigenvalue weighted by Crippen LogP contribution is -2.23. The smallest absolute Gasteiger partial charge is 0.306 e. The fourth-order valence-corrected chi connectivity index (χ4v) is 2.09. The Morgan fingerprint density at radius 1 is 1.61 bits per heavy atom. The average Bonchev–Trinajstić information content (AvgIpc) is 2.31. The van der Waals surface area contributed by atoms with Crippen molar-refractivity contribution in [3.8, 4) is 5.75 Å². The molecule has 0 aliphatic heterocycles. The minimum atomic E-state index is -0.991. The molecule has 1 aromatic rings. The highest BCUT2D eigenvalue weighted by molar-refractivity contribution is 9.10. The zero-order valence-electron chi connectivity index (χ0n) is 10.2. The molecule has 1 N–H and O–H groups in total. The molecule has 0 saturated carbocycles. The number of rotatable bonds is 4. The molecule has 0 aromatic heterocycles. The van der Waals surface area contributed by atoms with Gasteiger partial charge >= 0.3 is 5.69 Å². The zero-order chi connectivity index (χ0) is 14.1. The number of hydrogen-bond acceptors (Lipinski definition) is 4. The van der Waals surface area contributed by atoms with Crippen LogP contribution in [0.15, 0.2) is 10.5 Å². The van der Waals surface area contributed by atoms with Gasteiger partial charge in [0.2, 0.25) is 5.82 Å². The minimum absolute atomic E-state index is 0.115. The van der Waals surface area contributed by atoms with E-state index in [1.807, 2.05) is 0 Å². The van der Waals surface area contributed by atoms with Crippen molar-refractivity contribution in [3.63, 3.8) is 0 Å². The Morgan fingerprint density at radius 2 is 2.17 bits per heavy atom. The molecule has 18 heavy (non-hydrogen) atoms. The SMILES string of the molecule is COc1c(C(C)(C)CO)cc([N+](=O)[O-])c(F)c1Br. The van der Waals surface area contributed by atoms with Gasteiger partial charge in [0.15, 0.2) is 0 Å². The van der Waals surface area contributed by atoms with Gasteiger partial charge in [0, 0.05) is 17.0 Å². The van der Waals surface area contributed by atoms with Crippen molar-refractivity contribution in [2.24, 2.45) is 0 Å². The van der Waals surface area contributed by atoms with Crippen molar-refractivity contribution in [2.75, 3.05) is 13.7 Å². The van der Waals surface area contributed by atoms with Crippen molar-refractivity contribution in [1.82, 2.24) is 0 Å². The normalized spacial score (nSPS) is 11.4. The number of aliphatic hydroxyl groups is 1. The van der Waals surface area contributed by atoms with Crippen LogP contribution in [0, 0.1) is 15.9 Å². The van der Waals surface area contributed by atoms with E-state index >= 15 is 0 Å². The molecule has 5 nitrogen and oxygen atoms in total. The van der Waals surface area contributed by atoms with Crippen LogP contribution in [0.2, 0.25) is 0 Å². The topological polar surface area (TPSA) is 72.6 Å². The molecule has 0 aliphatic rings. The number of methoxy groups -OCH3 is 1. The summed E-state index contributed by atoms with van der Waals surface area (Å²) in [5, 5.41) is 20.1. The number of hydrogen-bond donors (Lipinski definition) is 1. The lowest BCUT2D eigenvalue weighted by molar-refractivity contribution is -0.387. The number of nitrogens with zero attached hydrogens (tertiary/aromatic N) is 1. The highest BCUT2D eigenvalue weighted by Gasteiger charge is 2.31. The molecule has 0 saturated heterocycles. The molecule has 0 heterocycles. The molecule has 0 aliphatic carbocycles. The number of ether oxygens (including phenoxy) is 1. The first-order valence-corrected chi connectivity index (χ1v) is 5.87. The molecule has 1 rings (SSSR count). The third-order valence-corrected chi connectivity index (χ3v) is 3.38. The van der Waals surface area contributed by atoms with Crippen molar-refractivity contribution < 1.29 is 19.2 Å². The Labute approximate surface area is 112 Å². The van der Waals surface area contributed by atoms with Gasteiger partial charge in [-0.25, -0.2) is 0 Å². The molecule has 100 valence electrons. The van der Waals surface area contributed by atoms with Crippen molar-refractivity contribution in [3.05, 3.63) is 32.0 Å². The van der Waals surface area contributed by atoms with Gasteiger partial charge < -0.3 is 9.84 Å². The van der Waals surface area contributed by atoms with E-state index in [1.165, 1.54) is 7.11 Å². The maximum Gasteiger partial charge on any atom is 0.306 e. The fourth-order valence-electron chi connectivity index (χ4n) is 1.52. The summed E-state index contributed by atoms with van der Waals surface area (Å²) in [5.41, 5.74) is -1.07. The monoisotopic (exact) mass is 321 g/mol.